The van der Waals surface area contributed by atoms with Gasteiger partial charge >= 0.3 is 5.97 Å². The molecule has 90 valence electrons. The first-order chi connectivity index (χ1) is 8.16. The number of unbranched alkanes of at least 4 members (excludes halogenated alkanes) is 1. The quantitative estimate of drug-likeness (QED) is 0.787. The zero-order valence-corrected chi connectivity index (χ0v) is 9.63. The average molecular weight is 234 g/mol. The SMILES string of the molecule is Cc1ccc2nnc(CCCCC(=O)O)n2n1. The lowest BCUT2D eigenvalue weighted by Crippen LogP contribution is -2.01. The van der Waals surface area contributed by atoms with Crippen LogP contribution in [0.5, 0.6) is 0 Å². The number of nitrogens with zero attached hydrogens (tertiary/aromatic N) is 4. The third-order valence-corrected chi connectivity index (χ3v) is 2.50. The van der Waals surface area contributed by atoms with Crippen LogP contribution in [0.1, 0.15) is 30.8 Å². The molecule has 0 aliphatic heterocycles. The molecule has 0 saturated heterocycles. The largest absolute Gasteiger partial charge is 0.481 e. The lowest BCUT2D eigenvalue weighted by atomic mass is 10.2. The van der Waals surface area contributed by atoms with E-state index in [1.807, 2.05) is 19.1 Å². The number of carboxylic acid groups (broad SMARTS) is 1. The number of rotatable bonds is 5. The molecule has 17 heavy (non-hydrogen) atoms. The summed E-state index contributed by atoms with van der Waals surface area (Å²) in [6, 6.07) is 3.76. The molecule has 0 fully saturated rings. The van der Waals surface area contributed by atoms with Crippen molar-refractivity contribution in [3.8, 4) is 0 Å². The number of aryl methyl sites for hydroxylation is 2. The van der Waals surface area contributed by atoms with Crippen LogP contribution in [0.4, 0.5) is 0 Å². The Morgan fingerprint density at radius 3 is 2.94 bits per heavy atom. The minimum absolute atomic E-state index is 0.198. The summed E-state index contributed by atoms with van der Waals surface area (Å²) in [5, 5.41) is 20.9. The van der Waals surface area contributed by atoms with Gasteiger partial charge in [-0.2, -0.15) is 9.61 Å². The van der Waals surface area contributed by atoms with Crippen LogP contribution in [0, 0.1) is 6.92 Å². The zero-order valence-electron chi connectivity index (χ0n) is 9.63. The first kappa shape index (κ1) is 11.5. The highest BCUT2D eigenvalue weighted by Gasteiger charge is 2.06. The Morgan fingerprint density at radius 2 is 2.18 bits per heavy atom. The predicted octanol–water partition coefficient (Wildman–Crippen LogP) is 1.23. The fourth-order valence-corrected chi connectivity index (χ4v) is 1.64. The van der Waals surface area contributed by atoms with E-state index in [0.29, 0.717) is 12.8 Å². The van der Waals surface area contributed by atoms with Gasteiger partial charge in [-0.25, -0.2) is 0 Å². The molecular weight excluding hydrogens is 220 g/mol. The van der Waals surface area contributed by atoms with Crippen molar-refractivity contribution in [3.63, 3.8) is 0 Å². The Labute approximate surface area is 98.3 Å². The van der Waals surface area contributed by atoms with Crippen LogP contribution in [0.2, 0.25) is 0 Å². The average Bonchev–Trinajstić information content (AvgIpc) is 2.67. The summed E-state index contributed by atoms with van der Waals surface area (Å²) in [5.41, 5.74) is 1.63. The lowest BCUT2D eigenvalue weighted by Gasteiger charge is -1.99. The minimum atomic E-state index is -0.759. The first-order valence-electron chi connectivity index (χ1n) is 5.56. The highest BCUT2D eigenvalue weighted by atomic mass is 16.4. The van der Waals surface area contributed by atoms with Gasteiger partial charge in [-0.1, -0.05) is 0 Å². The van der Waals surface area contributed by atoms with Gasteiger partial charge in [0, 0.05) is 12.8 Å². The summed E-state index contributed by atoms with van der Waals surface area (Å²) >= 11 is 0. The summed E-state index contributed by atoms with van der Waals surface area (Å²) in [5.74, 6) is 0.0270. The maximum Gasteiger partial charge on any atom is 0.303 e. The molecule has 0 aliphatic rings. The number of aromatic nitrogens is 4. The van der Waals surface area contributed by atoms with Crippen molar-refractivity contribution in [2.75, 3.05) is 0 Å². The summed E-state index contributed by atoms with van der Waals surface area (Å²) in [6.45, 7) is 1.91. The zero-order chi connectivity index (χ0) is 12.3. The normalized spacial score (nSPS) is 10.9. The van der Waals surface area contributed by atoms with E-state index in [1.165, 1.54) is 0 Å². The van der Waals surface area contributed by atoms with Crippen molar-refractivity contribution >= 4 is 11.6 Å². The molecule has 2 heterocycles. The molecule has 0 unspecified atom stereocenters. The minimum Gasteiger partial charge on any atom is -0.481 e. The second-order valence-electron chi connectivity index (χ2n) is 3.96. The summed E-state index contributed by atoms with van der Waals surface area (Å²) in [6.07, 6.45) is 2.33. The Balaban J connectivity index is 2.03. The molecule has 0 bridgehead atoms. The molecule has 0 radical (unpaired) electrons. The van der Waals surface area contributed by atoms with Crippen molar-refractivity contribution in [1.29, 1.82) is 0 Å². The number of hydrogen-bond acceptors (Lipinski definition) is 4. The van der Waals surface area contributed by atoms with Crippen LogP contribution in [0.25, 0.3) is 5.65 Å². The first-order valence-corrected chi connectivity index (χ1v) is 5.56. The number of carbonyl (C=O) groups is 1. The topological polar surface area (TPSA) is 80.4 Å². The van der Waals surface area contributed by atoms with E-state index in [9.17, 15) is 4.79 Å². The number of fused-ring (bicyclic) bond motifs is 1. The molecule has 2 aromatic rings. The molecular formula is C11H14N4O2. The van der Waals surface area contributed by atoms with Crippen LogP contribution < -0.4 is 0 Å². The third kappa shape index (κ3) is 2.77. The molecule has 0 atom stereocenters. The third-order valence-electron chi connectivity index (χ3n) is 2.50. The number of aliphatic carboxylic acids is 1. The van der Waals surface area contributed by atoms with E-state index in [-0.39, 0.29) is 6.42 Å². The summed E-state index contributed by atoms with van der Waals surface area (Å²) in [4.78, 5) is 10.4. The summed E-state index contributed by atoms with van der Waals surface area (Å²) in [7, 11) is 0. The maximum absolute atomic E-state index is 10.4. The Bertz CT molecular complexity index is 535. The molecule has 0 saturated carbocycles. The van der Waals surface area contributed by atoms with Gasteiger partial charge in [-0.15, -0.1) is 10.2 Å². The van der Waals surface area contributed by atoms with Crippen molar-refractivity contribution in [2.45, 2.75) is 32.6 Å². The van der Waals surface area contributed by atoms with E-state index in [0.717, 1.165) is 23.6 Å². The second kappa shape index (κ2) is 4.90. The van der Waals surface area contributed by atoms with Crippen molar-refractivity contribution in [1.82, 2.24) is 19.8 Å². The van der Waals surface area contributed by atoms with Gasteiger partial charge in [-0.05, 0) is 31.9 Å². The van der Waals surface area contributed by atoms with Crippen LogP contribution in [-0.2, 0) is 11.2 Å². The van der Waals surface area contributed by atoms with Gasteiger partial charge in [0.25, 0.3) is 0 Å². The van der Waals surface area contributed by atoms with Gasteiger partial charge in [-0.3, -0.25) is 4.79 Å². The molecule has 0 aromatic carbocycles. The highest BCUT2D eigenvalue weighted by Crippen LogP contribution is 2.07. The molecule has 0 spiro atoms. The van der Waals surface area contributed by atoms with Gasteiger partial charge in [0.05, 0.1) is 5.69 Å². The molecule has 1 N–H and O–H groups in total. The molecule has 6 heteroatoms. The molecule has 0 amide bonds. The number of hydrogen-bond donors (Lipinski definition) is 1. The van der Waals surface area contributed by atoms with E-state index in [1.54, 1.807) is 4.52 Å². The van der Waals surface area contributed by atoms with Crippen LogP contribution in [0.15, 0.2) is 12.1 Å². The van der Waals surface area contributed by atoms with E-state index in [2.05, 4.69) is 15.3 Å². The smallest absolute Gasteiger partial charge is 0.303 e. The maximum atomic E-state index is 10.4. The predicted molar refractivity (Wildman–Crippen MR) is 60.7 cm³/mol. The van der Waals surface area contributed by atoms with Crippen molar-refractivity contribution < 1.29 is 9.90 Å². The molecule has 0 aliphatic carbocycles. The van der Waals surface area contributed by atoms with Crippen molar-refractivity contribution in [3.05, 3.63) is 23.7 Å². The van der Waals surface area contributed by atoms with Gasteiger partial charge in [0.1, 0.15) is 0 Å². The van der Waals surface area contributed by atoms with E-state index >= 15 is 0 Å². The molecule has 2 rings (SSSR count). The van der Waals surface area contributed by atoms with Gasteiger partial charge < -0.3 is 5.11 Å². The van der Waals surface area contributed by atoms with Gasteiger partial charge in [0.2, 0.25) is 0 Å². The Morgan fingerprint density at radius 1 is 1.35 bits per heavy atom. The Kier molecular flexibility index (Phi) is 3.32. The lowest BCUT2D eigenvalue weighted by molar-refractivity contribution is -0.137. The van der Waals surface area contributed by atoms with Crippen LogP contribution in [-0.4, -0.2) is 30.9 Å². The van der Waals surface area contributed by atoms with Crippen LogP contribution >= 0.6 is 0 Å². The van der Waals surface area contributed by atoms with E-state index < -0.39 is 5.97 Å². The fraction of sp³-hybridized carbons (Fsp3) is 0.455. The standard InChI is InChI=1S/C11H14N4O2/c1-8-6-7-10-13-12-9(15(10)14-8)4-2-3-5-11(16)17/h6-7H,2-5H2,1H3,(H,16,17). The Hall–Kier alpha value is -1.98. The molecule has 2 aromatic heterocycles. The highest BCUT2D eigenvalue weighted by molar-refractivity contribution is 5.66. The summed E-state index contributed by atoms with van der Waals surface area (Å²) < 4.78 is 1.72. The second-order valence-corrected chi connectivity index (χ2v) is 3.96. The monoisotopic (exact) mass is 234 g/mol. The van der Waals surface area contributed by atoms with E-state index in [4.69, 9.17) is 5.11 Å². The molecule has 6 nitrogen and oxygen atoms in total. The van der Waals surface area contributed by atoms with Crippen LogP contribution in [0.3, 0.4) is 0 Å². The fourth-order valence-electron chi connectivity index (χ4n) is 1.64. The number of carboxylic acids is 1. The van der Waals surface area contributed by atoms with Crippen molar-refractivity contribution in [2.24, 2.45) is 0 Å². The van der Waals surface area contributed by atoms with Gasteiger partial charge in [0.15, 0.2) is 11.5 Å².